The fraction of sp³-hybridized carbons (Fsp3) is 0.385. The number of nitrogens with zero attached hydrogens (tertiary/aromatic N) is 2. The van der Waals surface area contributed by atoms with Crippen molar-refractivity contribution in [1.82, 2.24) is 14.9 Å². The molecule has 0 aromatic carbocycles. The van der Waals surface area contributed by atoms with E-state index in [-0.39, 0.29) is 5.41 Å². The van der Waals surface area contributed by atoms with Crippen LogP contribution in [0, 0.1) is 0 Å². The molecule has 0 aliphatic carbocycles. The molecule has 0 aliphatic rings. The van der Waals surface area contributed by atoms with Crippen LogP contribution in [0.1, 0.15) is 47.1 Å². The van der Waals surface area contributed by atoms with Crippen molar-refractivity contribution >= 4 is 34.7 Å². The predicted octanol–water partition coefficient (Wildman–Crippen LogP) is 2.45. The van der Waals surface area contributed by atoms with Crippen LogP contribution in [0.5, 0.6) is 0 Å². The molecule has 1 unspecified atom stereocenters. The summed E-state index contributed by atoms with van der Waals surface area (Å²) in [7, 11) is 0. The number of thiophene rings is 1. The Balaban J connectivity index is 2.25. The SMILES string of the molecule is CC(C)(C)c1nnsc1C(=O)NC(C(=O)O)c1cccs1. The number of carbonyl (C=O) groups excluding carboxylic acids is 1. The molecule has 0 aliphatic heterocycles. The number of amides is 1. The maximum absolute atomic E-state index is 12.3. The third kappa shape index (κ3) is 3.45. The molecule has 2 aromatic heterocycles. The molecule has 0 fully saturated rings. The Morgan fingerprint density at radius 1 is 1.38 bits per heavy atom. The van der Waals surface area contributed by atoms with E-state index in [0.717, 1.165) is 11.5 Å². The second kappa shape index (κ2) is 5.90. The van der Waals surface area contributed by atoms with Gasteiger partial charge in [-0.05, 0) is 23.0 Å². The van der Waals surface area contributed by atoms with Gasteiger partial charge >= 0.3 is 5.97 Å². The zero-order valence-corrected chi connectivity index (χ0v) is 13.4. The summed E-state index contributed by atoms with van der Waals surface area (Å²) in [6.45, 7) is 5.78. The topological polar surface area (TPSA) is 92.2 Å². The average molecular weight is 325 g/mol. The van der Waals surface area contributed by atoms with E-state index in [0.29, 0.717) is 15.4 Å². The number of hydrogen-bond acceptors (Lipinski definition) is 6. The number of carbonyl (C=O) groups is 2. The molecule has 2 rings (SSSR count). The van der Waals surface area contributed by atoms with Crippen LogP contribution >= 0.6 is 22.9 Å². The number of aromatic nitrogens is 2. The highest BCUT2D eigenvalue weighted by Gasteiger charge is 2.30. The van der Waals surface area contributed by atoms with Crippen LogP contribution in [0.2, 0.25) is 0 Å². The van der Waals surface area contributed by atoms with Gasteiger partial charge < -0.3 is 10.4 Å². The third-order valence-corrected chi connectivity index (χ3v) is 4.42. The molecule has 2 N–H and O–H groups in total. The molecule has 0 bridgehead atoms. The van der Waals surface area contributed by atoms with Crippen LogP contribution in [0.25, 0.3) is 0 Å². The van der Waals surface area contributed by atoms with E-state index in [1.807, 2.05) is 20.8 Å². The summed E-state index contributed by atoms with van der Waals surface area (Å²) >= 11 is 2.26. The van der Waals surface area contributed by atoms with Crippen LogP contribution < -0.4 is 5.32 Å². The van der Waals surface area contributed by atoms with Crippen molar-refractivity contribution in [2.75, 3.05) is 0 Å². The summed E-state index contributed by atoms with van der Waals surface area (Å²) in [4.78, 5) is 24.6. The van der Waals surface area contributed by atoms with Crippen LogP contribution in [0.15, 0.2) is 17.5 Å². The fourth-order valence-electron chi connectivity index (χ4n) is 1.74. The molecule has 112 valence electrons. The first kappa shape index (κ1) is 15.6. The lowest BCUT2D eigenvalue weighted by molar-refractivity contribution is -0.139. The molecule has 6 nitrogen and oxygen atoms in total. The van der Waals surface area contributed by atoms with Crippen molar-refractivity contribution in [3.05, 3.63) is 33.0 Å². The molecule has 2 heterocycles. The van der Waals surface area contributed by atoms with Gasteiger partial charge in [-0.2, -0.15) is 0 Å². The quantitative estimate of drug-likeness (QED) is 0.901. The van der Waals surface area contributed by atoms with E-state index in [1.165, 1.54) is 11.3 Å². The highest BCUT2D eigenvalue weighted by molar-refractivity contribution is 7.10. The number of aliphatic carboxylic acids is 1. The maximum atomic E-state index is 12.3. The van der Waals surface area contributed by atoms with Crippen LogP contribution in [-0.2, 0) is 10.2 Å². The number of hydrogen-bond donors (Lipinski definition) is 2. The first-order valence-corrected chi connectivity index (χ1v) is 7.86. The predicted molar refractivity (Wildman–Crippen MR) is 80.8 cm³/mol. The average Bonchev–Trinajstić information content (AvgIpc) is 3.04. The Bertz CT molecular complexity index is 644. The van der Waals surface area contributed by atoms with Crippen LogP contribution in [0.3, 0.4) is 0 Å². The molecule has 0 radical (unpaired) electrons. The summed E-state index contributed by atoms with van der Waals surface area (Å²) < 4.78 is 3.81. The van der Waals surface area contributed by atoms with E-state index in [4.69, 9.17) is 0 Å². The zero-order chi connectivity index (χ0) is 15.6. The number of carboxylic acids is 1. The molecule has 0 saturated heterocycles. The van der Waals surface area contributed by atoms with Gasteiger partial charge in [0, 0.05) is 10.3 Å². The molecular formula is C13H15N3O3S2. The zero-order valence-electron chi connectivity index (χ0n) is 11.8. The second-order valence-electron chi connectivity index (χ2n) is 5.46. The minimum atomic E-state index is -1.10. The largest absolute Gasteiger partial charge is 0.479 e. The normalized spacial score (nSPS) is 12.9. The van der Waals surface area contributed by atoms with Crippen LogP contribution in [-0.4, -0.2) is 26.6 Å². The van der Waals surface area contributed by atoms with Crippen LogP contribution in [0.4, 0.5) is 0 Å². The molecule has 1 amide bonds. The minimum Gasteiger partial charge on any atom is -0.479 e. The van der Waals surface area contributed by atoms with Gasteiger partial charge in [-0.15, -0.1) is 16.4 Å². The summed E-state index contributed by atoms with van der Waals surface area (Å²) in [6.07, 6.45) is 0. The fourth-order valence-corrected chi connectivity index (χ4v) is 3.28. The Morgan fingerprint density at radius 3 is 2.62 bits per heavy atom. The van der Waals surface area contributed by atoms with Gasteiger partial charge in [0.25, 0.3) is 5.91 Å². The first-order chi connectivity index (χ1) is 9.80. The van der Waals surface area contributed by atoms with Crippen molar-refractivity contribution in [2.24, 2.45) is 0 Å². The lowest BCUT2D eigenvalue weighted by Gasteiger charge is -2.17. The van der Waals surface area contributed by atoms with E-state index in [1.54, 1.807) is 17.5 Å². The maximum Gasteiger partial charge on any atom is 0.331 e. The van der Waals surface area contributed by atoms with Gasteiger partial charge in [-0.1, -0.05) is 31.3 Å². The summed E-state index contributed by atoms with van der Waals surface area (Å²) in [5, 5.41) is 17.6. The smallest absolute Gasteiger partial charge is 0.331 e. The van der Waals surface area contributed by atoms with Crippen molar-refractivity contribution < 1.29 is 14.7 Å². The van der Waals surface area contributed by atoms with E-state index in [9.17, 15) is 14.7 Å². The lowest BCUT2D eigenvalue weighted by Crippen LogP contribution is -2.34. The first-order valence-electron chi connectivity index (χ1n) is 6.20. The van der Waals surface area contributed by atoms with Gasteiger partial charge in [0.2, 0.25) is 0 Å². The standard InChI is InChI=1S/C13H15N3O3S2/c1-13(2,3)10-9(21-16-15-10)11(17)14-8(12(18)19)7-5-4-6-20-7/h4-6,8H,1-3H3,(H,14,17)(H,18,19). The summed E-state index contributed by atoms with van der Waals surface area (Å²) in [5.74, 6) is -1.56. The van der Waals surface area contributed by atoms with Gasteiger partial charge in [0.15, 0.2) is 6.04 Å². The van der Waals surface area contributed by atoms with E-state index < -0.39 is 17.9 Å². The van der Waals surface area contributed by atoms with Gasteiger partial charge in [-0.25, -0.2) is 4.79 Å². The highest BCUT2D eigenvalue weighted by Crippen LogP contribution is 2.27. The molecule has 2 aromatic rings. The third-order valence-electron chi connectivity index (χ3n) is 2.75. The molecular weight excluding hydrogens is 310 g/mol. The minimum absolute atomic E-state index is 0.332. The Morgan fingerprint density at radius 2 is 2.10 bits per heavy atom. The summed E-state index contributed by atoms with van der Waals surface area (Å²) in [6, 6.07) is 2.36. The Hall–Kier alpha value is -1.80. The molecule has 0 saturated carbocycles. The lowest BCUT2D eigenvalue weighted by atomic mass is 9.91. The molecule has 21 heavy (non-hydrogen) atoms. The van der Waals surface area contributed by atoms with E-state index in [2.05, 4.69) is 14.9 Å². The highest BCUT2D eigenvalue weighted by atomic mass is 32.1. The molecule has 8 heteroatoms. The molecule has 0 spiro atoms. The monoisotopic (exact) mass is 325 g/mol. The number of nitrogens with one attached hydrogen (secondary N) is 1. The summed E-state index contributed by atoms with van der Waals surface area (Å²) in [5.41, 5.74) is 0.238. The van der Waals surface area contributed by atoms with Crippen molar-refractivity contribution in [3.8, 4) is 0 Å². The van der Waals surface area contributed by atoms with Crippen molar-refractivity contribution in [3.63, 3.8) is 0 Å². The van der Waals surface area contributed by atoms with Gasteiger partial charge in [-0.3, -0.25) is 4.79 Å². The Labute approximate surface area is 130 Å². The number of rotatable bonds is 4. The Kier molecular flexibility index (Phi) is 4.38. The number of carboxylic acid groups (broad SMARTS) is 1. The van der Waals surface area contributed by atoms with Gasteiger partial charge in [0.1, 0.15) is 4.88 Å². The molecule has 1 atom stereocenters. The van der Waals surface area contributed by atoms with Crippen molar-refractivity contribution in [1.29, 1.82) is 0 Å². The second-order valence-corrected chi connectivity index (χ2v) is 7.19. The van der Waals surface area contributed by atoms with Crippen molar-refractivity contribution in [2.45, 2.75) is 32.2 Å². The van der Waals surface area contributed by atoms with Gasteiger partial charge in [0.05, 0.1) is 5.69 Å². The van der Waals surface area contributed by atoms with E-state index >= 15 is 0 Å².